The SMILES string of the molecule is CNC(c1cncc(OC)c1)C1CCCO1. The molecule has 2 rings (SSSR count). The first-order chi connectivity index (χ1) is 7.85. The van der Waals surface area contributed by atoms with Crippen LogP contribution < -0.4 is 10.1 Å². The monoisotopic (exact) mass is 222 g/mol. The molecule has 1 aromatic heterocycles. The third-order valence-corrected chi connectivity index (χ3v) is 2.98. The molecule has 1 N–H and O–H groups in total. The fraction of sp³-hybridized carbons (Fsp3) is 0.583. The summed E-state index contributed by atoms with van der Waals surface area (Å²) in [6, 6.07) is 2.21. The Labute approximate surface area is 96.0 Å². The third-order valence-electron chi connectivity index (χ3n) is 2.98. The van der Waals surface area contributed by atoms with Crippen molar-refractivity contribution in [3.63, 3.8) is 0 Å². The molecule has 2 unspecified atom stereocenters. The van der Waals surface area contributed by atoms with Gasteiger partial charge >= 0.3 is 0 Å². The number of likely N-dealkylation sites (N-methyl/N-ethyl adjacent to an activating group) is 1. The smallest absolute Gasteiger partial charge is 0.137 e. The number of methoxy groups -OCH3 is 1. The zero-order valence-electron chi connectivity index (χ0n) is 9.77. The third kappa shape index (κ3) is 2.33. The molecule has 0 aliphatic carbocycles. The van der Waals surface area contributed by atoms with Gasteiger partial charge in [-0.05, 0) is 31.5 Å². The van der Waals surface area contributed by atoms with Crippen LogP contribution in [0, 0.1) is 0 Å². The van der Waals surface area contributed by atoms with Crippen molar-refractivity contribution in [2.75, 3.05) is 20.8 Å². The topological polar surface area (TPSA) is 43.4 Å². The molecule has 1 aliphatic rings. The minimum absolute atomic E-state index is 0.199. The quantitative estimate of drug-likeness (QED) is 0.839. The van der Waals surface area contributed by atoms with Gasteiger partial charge in [0.05, 0.1) is 25.5 Å². The summed E-state index contributed by atoms with van der Waals surface area (Å²) < 4.78 is 10.9. The van der Waals surface area contributed by atoms with Crippen LogP contribution in [0.25, 0.3) is 0 Å². The van der Waals surface area contributed by atoms with Crippen molar-refractivity contribution in [3.8, 4) is 5.75 Å². The van der Waals surface area contributed by atoms with Crippen LogP contribution in [0.2, 0.25) is 0 Å². The normalized spacial score (nSPS) is 22.0. The van der Waals surface area contributed by atoms with Gasteiger partial charge in [-0.1, -0.05) is 0 Å². The molecule has 2 heterocycles. The molecule has 16 heavy (non-hydrogen) atoms. The van der Waals surface area contributed by atoms with Gasteiger partial charge in [-0.15, -0.1) is 0 Å². The molecule has 0 bridgehead atoms. The van der Waals surface area contributed by atoms with Crippen molar-refractivity contribution in [2.24, 2.45) is 0 Å². The first-order valence-corrected chi connectivity index (χ1v) is 5.63. The largest absolute Gasteiger partial charge is 0.495 e. The van der Waals surface area contributed by atoms with Crippen LogP contribution >= 0.6 is 0 Å². The van der Waals surface area contributed by atoms with Gasteiger partial charge in [-0.3, -0.25) is 4.98 Å². The second-order valence-electron chi connectivity index (χ2n) is 3.98. The number of rotatable bonds is 4. The van der Waals surface area contributed by atoms with Crippen LogP contribution in [-0.2, 0) is 4.74 Å². The highest BCUT2D eigenvalue weighted by atomic mass is 16.5. The first-order valence-electron chi connectivity index (χ1n) is 5.63. The van der Waals surface area contributed by atoms with Crippen LogP contribution in [0.1, 0.15) is 24.4 Å². The highest BCUT2D eigenvalue weighted by molar-refractivity contribution is 5.26. The molecular weight excluding hydrogens is 204 g/mol. The number of hydrogen-bond donors (Lipinski definition) is 1. The zero-order valence-corrected chi connectivity index (χ0v) is 9.77. The Bertz CT molecular complexity index is 338. The molecule has 0 spiro atoms. The van der Waals surface area contributed by atoms with Crippen molar-refractivity contribution >= 4 is 0 Å². The maximum Gasteiger partial charge on any atom is 0.137 e. The molecule has 0 saturated carbocycles. The summed E-state index contributed by atoms with van der Waals surface area (Å²) in [5.41, 5.74) is 1.12. The summed E-state index contributed by atoms with van der Waals surface area (Å²) in [4.78, 5) is 4.18. The molecule has 0 amide bonds. The molecular formula is C12H18N2O2. The van der Waals surface area contributed by atoms with Gasteiger partial charge in [0.2, 0.25) is 0 Å². The van der Waals surface area contributed by atoms with E-state index < -0.39 is 0 Å². The van der Waals surface area contributed by atoms with E-state index in [4.69, 9.17) is 9.47 Å². The van der Waals surface area contributed by atoms with Crippen molar-refractivity contribution in [2.45, 2.75) is 25.0 Å². The Hall–Kier alpha value is -1.13. The number of ether oxygens (including phenoxy) is 2. The van der Waals surface area contributed by atoms with E-state index in [9.17, 15) is 0 Å². The Morgan fingerprint density at radius 1 is 1.56 bits per heavy atom. The van der Waals surface area contributed by atoms with Gasteiger partial charge in [-0.25, -0.2) is 0 Å². The molecule has 1 fully saturated rings. The predicted molar refractivity (Wildman–Crippen MR) is 61.6 cm³/mol. The van der Waals surface area contributed by atoms with Crippen molar-refractivity contribution < 1.29 is 9.47 Å². The van der Waals surface area contributed by atoms with Crippen LogP contribution in [0.4, 0.5) is 0 Å². The minimum atomic E-state index is 0.199. The van der Waals surface area contributed by atoms with E-state index in [1.54, 1.807) is 13.3 Å². The Morgan fingerprint density at radius 2 is 2.44 bits per heavy atom. The molecule has 88 valence electrons. The van der Waals surface area contributed by atoms with Crippen LogP contribution in [0.3, 0.4) is 0 Å². The van der Waals surface area contributed by atoms with E-state index in [0.717, 1.165) is 30.8 Å². The lowest BCUT2D eigenvalue weighted by Gasteiger charge is -2.22. The summed E-state index contributed by atoms with van der Waals surface area (Å²) in [7, 11) is 3.60. The van der Waals surface area contributed by atoms with Gasteiger partial charge in [0, 0.05) is 12.8 Å². The molecule has 0 aromatic carbocycles. The molecule has 1 saturated heterocycles. The lowest BCUT2D eigenvalue weighted by Crippen LogP contribution is -2.29. The number of nitrogens with one attached hydrogen (secondary N) is 1. The van der Waals surface area contributed by atoms with E-state index in [0.29, 0.717) is 0 Å². The van der Waals surface area contributed by atoms with Crippen LogP contribution in [-0.4, -0.2) is 31.9 Å². The molecule has 4 heteroatoms. The summed E-state index contributed by atoms with van der Waals surface area (Å²) in [6.45, 7) is 0.861. The Morgan fingerprint density at radius 3 is 3.06 bits per heavy atom. The van der Waals surface area contributed by atoms with E-state index in [1.807, 2.05) is 19.3 Å². The van der Waals surface area contributed by atoms with Crippen molar-refractivity contribution in [1.29, 1.82) is 0 Å². The fourth-order valence-corrected chi connectivity index (χ4v) is 2.15. The Kier molecular flexibility index (Phi) is 3.74. The van der Waals surface area contributed by atoms with E-state index in [2.05, 4.69) is 10.3 Å². The lowest BCUT2D eigenvalue weighted by molar-refractivity contribution is 0.0806. The molecule has 4 nitrogen and oxygen atoms in total. The molecule has 2 atom stereocenters. The second-order valence-corrected chi connectivity index (χ2v) is 3.98. The van der Waals surface area contributed by atoms with Crippen LogP contribution in [0.15, 0.2) is 18.5 Å². The highest BCUT2D eigenvalue weighted by Gasteiger charge is 2.26. The molecule has 0 radical (unpaired) electrons. The van der Waals surface area contributed by atoms with E-state index in [-0.39, 0.29) is 12.1 Å². The summed E-state index contributed by atoms with van der Waals surface area (Å²) in [6.07, 6.45) is 6.07. The number of hydrogen-bond acceptors (Lipinski definition) is 4. The summed E-state index contributed by atoms with van der Waals surface area (Å²) in [5.74, 6) is 0.788. The highest BCUT2D eigenvalue weighted by Crippen LogP contribution is 2.27. The van der Waals surface area contributed by atoms with Gasteiger partial charge in [-0.2, -0.15) is 0 Å². The summed E-state index contributed by atoms with van der Waals surface area (Å²) >= 11 is 0. The van der Waals surface area contributed by atoms with Crippen LogP contribution in [0.5, 0.6) is 5.75 Å². The van der Waals surface area contributed by atoms with Crippen molar-refractivity contribution in [1.82, 2.24) is 10.3 Å². The predicted octanol–water partition coefficient (Wildman–Crippen LogP) is 1.53. The Balaban J connectivity index is 2.18. The maximum atomic E-state index is 5.70. The first kappa shape index (κ1) is 11.4. The average Bonchev–Trinajstić information content (AvgIpc) is 2.84. The number of nitrogens with zero attached hydrogens (tertiary/aromatic N) is 1. The maximum absolute atomic E-state index is 5.70. The summed E-state index contributed by atoms with van der Waals surface area (Å²) in [5, 5.41) is 3.29. The molecule has 1 aromatic rings. The molecule has 1 aliphatic heterocycles. The fourth-order valence-electron chi connectivity index (χ4n) is 2.15. The van der Waals surface area contributed by atoms with Gasteiger partial charge < -0.3 is 14.8 Å². The van der Waals surface area contributed by atoms with Gasteiger partial charge in [0.15, 0.2) is 0 Å². The zero-order chi connectivity index (χ0) is 11.4. The van der Waals surface area contributed by atoms with Gasteiger partial charge in [0.25, 0.3) is 0 Å². The lowest BCUT2D eigenvalue weighted by atomic mass is 10.0. The average molecular weight is 222 g/mol. The minimum Gasteiger partial charge on any atom is -0.495 e. The van der Waals surface area contributed by atoms with E-state index >= 15 is 0 Å². The van der Waals surface area contributed by atoms with E-state index in [1.165, 1.54) is 0 Å². The van der Waals surface area contributed by atoms with Gasteiger partial charge in [0.1, 0.15) is 5.75 Å². The number of pyridine rings is 1. The number of aromatic nitrogens is 1. The van der Waals surface area contributed by atoms with Crippen molar-refractivity contribution in [3.05, 3.63) is 24.0 Å². The standard InChI is InChI=1S/C12H18N2O2/c1-13-12(11-4-3-5-16-11)9-6-10(15-2)8-14-7-9/h6-8,11-13H,3-5H2,1-2H3. The second kappa shape index (κ2) is 5.27.